The number of carbonyl (C=O) groups excluding carboxylic acids is 1. The molecule has 166 valence electrons. The molecule has 4 heterocycles. The highest BCUT2D eigenvalue weighted by Gasteiger charge is 2.40. The van der Waals surface area contributed by atoms with Crippen LogP contribution in [-0.4, -0.2) is 94.9 Å². The minimum atomic E-state index is -0.00962. The van der Waals surface area contributed by atoms with Gasteiger partial charge in [-0.05, 0) is 43.4 Å². The maximum Gasteiger partial charge on any atom is 0.246 e. The Morgan fingerprint density at radius 2 is 1.93 bits per heavy atom. The van der Waals surface area contributed by atoms with Crippen molar-refractivity contribution in [3.8, 4) is 5.75 Å². The van der Waals surface area contributed by atoms with Crippen molar-refractivity contribution < 1.29 is 14.3 Å². The molecule has 7 heteroatoms. The van der Waals surface area contributed by atoms with Crippen molar-refractivity contribution in [1.29, 1.82) is 0 Å². The average molecular weight is 417 g/mol. The molecule has 7 nitrogen and oxygen atoms in total. The topological polar surface area (TPSA) is 57.3 Å². The predicted octanol–water partition coefficient (Wildman–Crippen LogP) is 1.29. The molecule has 0 saturated carbocycles. The summed E-state index contributed by atoms with van der Waals surface area (Å²) in [7, 11) is 3.31. The highest BCUT2D eigenvalue weighted by molar-refractivity contribution is 5.77. The monoisotopic (exact) mass is 416 g/mol. The maximum absolute atomic E-state index is 11.7. The lowest BCUT2D eigenvalue weighted by molar-refractivity contribution is -0.125. The highest BCUT2D eigenvalue weighted by atomic mass is 16.5. The summed E-state index contributed by atoms with van der Waals surface area (Å²) in [6.45, 7) is 8.77. The van der Waals surface area contributed by atoms with E-state index in [9.17, 15) is 4.79 Å². The van der Waals surface area contributed by atoms with E-state index in [1.807, 2.05) is 12.1 Å². The van der Waals surface area contributed by atoms with E-state index in [4.69, 9.17) is 9.47 Å². The van der Waals surface area contributed by atoms with Crippen LogP contribution in [0.1, 0.15) is 12.8 Å². The Balaban J connectivity index is 1.24. The Labute approximate surface area is 180 Å². The summed E-state index contributed by atoms with van der Waals surface area (Å²) in [5, 5.41) is 3.03. The summed E-state index contributed by atoms with van der Waals surface area (Å²) < 4.78 is 10.5. The zero-order chi connectivity index (χ0) is 20.9. The molecule has 2 bridgehead atoms. The van der Waals surface area contributed by atoms with Gasteiger partial charge < -0.3 is 19.7 Å². The third kappa shape index (κ3) is 4.90. The molecular weight excluding hydrogens is 380 g/mol. The van der Waals surface area contributed by atoms with Crippen LogP contribution in [0.25, 0.3) is 0 Å². The van der Waals surface area contributed by atoms with E-state index in [1.54, 1.807) is 14.2 Å². The number of amides is 1. The first kappa shape index (κ1) is 21.4. The lowest BCUT2D eigenvalue weighted by Gasteiger charge is -2.51. The van der Waals surface area contributed by atoms with E-state index in [1.165, 1.54) is 38.2 Å². The van der Waals surface area contributed by atoms with Gasteiger partial charge in [-0.15, -0.1) is 0 Å². The van der Waals surface area contributed by atoms with E-state index in [0.29, 0.717) is 6.04 Å². The highest BCUT2D eigenvalue weighted by Crippen LogP contribution is 2.37. The number of carbonyl (C=O) groups is 1. The largest absolute Gasteiger partial charge is 0.495 e. The summed E-state index contributed by atoms with van der Waals surface area (Å²) in [5.41, 5.74) is 1.21. The molecule has 30 heavy (non-hydrogen) atoms. The van der Waals surface area contributed by atoms with E-state index >= 15 is 0 Å². The van der Waals surface area contributed by atoms with Gasteiger partial charge >= 0.3 is 0 Å². The maximum atomic E-state index is 11.7. The van der Waals surface area contributed by atoms with Gasteiger partial charge in [0.2, 0.25) is 5.91 Å². The molecule has 4 atom stereocenters. The quantitative estimate of drug-likeness (QED) is 0.689. The molecule has 0 aliphatic carbocycles. The average Bonchev–Trinajstić information content (AvgIpc) is 2.79. The van der Waals surface area contributed by atoms with Crippen LogP contribution in [0.2, 0.25) is 0 Å². The Bertz CT molecular complexity index is 707. The van der Waals surface area contributed by atoms with Crippen LogP contribution in [0.5, 0.6) is 5.75 Å². The second-order valence-electron chi connectivity index (χ2n) is 8.89. The van der Waals surface area contributed by atoms with Crippen LogP contribution in [0, 0.1) is 11.8 Å². The first-order valence-corrected chi connectivity index (χ1v) is 11.3. The number of benzene rings is 1. The Hall–Kier alpha value is -1.83. The van der Waals surface area contributed by atoms with E-state index < -0.39 is 0 Å². The molecule has 1 amide bonds. The molecule has 4 aliphatic heterocycles. The lowest BCUT2D eigenvalue weighted by Crippen LogP contribution is -2.59. The lowest BCUT2D eigenvalue weighted by atomic mass is 9.75. The fourth-order valence-electron chi connectivity index (χ4n) is 5.48. The van der Waals surface area contributed by atoms with Crippen molar-refractivity contribution in [2.75, 3.05) is 78.1 Å². The fourth-order valence-corrected chi connectivity index (χ4v) is 5.48. The standard InChI is InChI=1S/C23H36N4O3/c1-29-17-23(28)24-14-20-13-18-7-8-27(20)16-19(18)15-25-9-11-26(12-10-25)21-5-3-4-6-22(21)30-2/h3-6,18-20H,7-17H2,1-2H3,(H,24,28). The number of piperidine rings is 3. The number of methoxy groups -OCH3 is 2. The molecule has 4 saturated heterocycles. The number of hydrogen-bond acceptors (Lipinski definition) is 6. The minimum Gasteiger partial charge on any atom is -0.495 e. The van der Waals surface area contributed by atoms with Crippen molar-refractivity contribution in [3.05, 3.63) is 24.3 Å². The number of nitrogens with zero attached hydrogens (tertiary/aromatic N) is 3. The summed E-state index contributed by atoms with van der Waals surface area (Å²) >= 11 is 0. The molecule has 4 unspecified atom stereocenters. The van der Waals surface area contributed by atoms with Gasteiger partial charge in [0.25, 0.3) is 0 Å². The van der Waals surface area contributed by atoms with Crippen molar-refractivity contribution in [1.82, 2.24) is 15.1 Å². The minimum absolute atomic E-state index is 0.00962. The Morgan fingerprint density at radius 1 is 1.13 bits per heavy atom. The van der Waals surface area contributed by atoms with Gasteiger partial charge in [-0.25, -0.2) is 0 Å². The number of nitrogens with one attached hydrogen (secondary N) is 1. The fraction of sp³-hybridized carbons (Fsp3) is 0.696. The zero-order valence-corrected chi connectivity index (χ0v) is 18.4. The van der Waals surface area contributed by atoms with Crippen LogP contribution < -0.4 is 15.0 Å². The van der Waals surface area contributed by atoms with Gasteiger partial charge in [-0.2, -0.15) is 0 Å². The molecule has 1 N–H and O–H groups in total. The van der Waals surface area contributed by atoms with E-state index in [-0.39, 0.29) is 12.5 Å². The molecule has 0 aromatic heterocycles. The molecule has 5 rings (SSSR count). The van der Waals surface area contributed by atoms with Gasteiger partial charge in [0.15, 0.2) is 0 Å². The number of ether oxygens (including phenoxy) is 2. The molecule has 4 fully saturated rings. The molecule has 0 spiro atoms. The third-order valence-electron chi connectivity index (χ3n) is 7.12. The summed E-state index contributed by atoms with van der Waals surface area (Å²) in [4.78, 5) is 19.4. The molecule has 0 radical (unpaired) electrons. The Kier molecular flexibility index (Phi) is 7.12. The smallest absolute Gasteiger partial charge is 0.246 e. The van der Waals surface area contributed by atoms with Crippen molar-refractivity contribution >= 4 is 11.6 Å². The zero-order valence-electron chi connectivity index (χ0n) is 18.4. The van der Waals surface area contributed by atoms with E-state index in [2.05, 4.69) is 32.1 Å². The van der Waals surface area contributed by atoms with Gasteiger partial charge in [0, 0.05) is 59.0 Å². The number of rotatable bonds is 8. The third-order valence-corrected chi connectivity index (χ3v) is 7.12. The Morgan fingerprint density at radius 3 is 2.63 bits per heavy atom. The van der Waals surface area contributed by atoms with Gasteiger partial charge in [0.1, 0.15) is 12.4 Å². The number of piperazine rings is 1. The second kappa shape index (κ2) is 9.98. The van der Waals surface area contributed by atoms with Crippen LogP contribution >= 0.6 is 0 Å². The van der Waals surface area contributed by atoms with Crippen LogP contribution in [0.3, 0.4) is 0 Å². The molecule has 1 aromatic carbocycles. The molecule has 4 aliphatic rings. The van der Waals surface area contributed by atoms with Gasteiger partial charge in [-0.3, -0.25) is 14.6 Å². The van der Waals surface area contributed by atoms with Crippen molar-refractivity contribution in [2.45, 2.75) is 18.9 Å². The number of para-hydroxylation sites is 2. The SMILES string of the molecule is COCC(=O)NCC1CC2CCN1CC2CN1CCN(c2ccccc2OC)CC1. The normalized spacial score (nSPS) is 29.1. The van der Waals surface area contributed by atoms with Crippen LogP contribution in [-0.2, 0) is 9.53 Å². The number of hydrogen-bond donors (Lipinski definition) is 1. The first-order valence-electron chi connectivity index (χ1n) is 11.3. The summed E-state index contributed by atoms with van der Waals surface area (Å²) in [6.07, 6.45) is 2.51. The predicted molar refractivity (Wildman–Crippen MR) is 118 cm³/mol. The molecular formula is C23H36N4O3. The van der Waals surface area contributed by atoms with Crippen LogP contribution in [0.15, 0.2) is 24.3 Å². The van der Waals surface area contributed by atoms with Crippen LogP contribution in [0.4, 0.5) is 5.69 Å². The second-order valence-corrected chi connectivity index (χ2v) is 8.89. The molecule has 1 aromatic rings. The number of fused-ring (bicyclic) bond motifs is 3. The van der Waals surface area contributed by atoms with Crippen molar-refractivity contribution in [2.24, 2.45) is 11.8 Å². The summed E-state index contributed by atoms with van der Waals surface area (Å²) in [5.74, 6) is 2.49. The van der Waals surface area contributed by atoms with Gasteiger partial charge in [-0.1, -0.05) is 12.1 Å². The van der Waals surface area contributed by atoms with Crippen molar-refractivity contribution in [3.63, 3.8) is 0 Å². The number of anilines is 1. The van der Waals surface area contributed by atoms with Gasteiger partial charge in [0.05, 0.1) is 12.8 Å². The first-order chi connectivity index (χ1) is 14.7. The summed E-state index contributed by atoms with van der Waals surface area (Å²) in [6, 6.07) is 8.81. The van der Waals surface area contributed by atoms with E-state index in [0.717, 1.165) is 50.3 Å².